The number of nitrogens with zero attached hydrogens (tertiary/aromatic N) is 5. The van der Waals surface area contributed by atoms with Crippen LogP contribution < -0.4 is 0 Å². The fraction of sp³-hybridized carbons (Fsp3) is 0.0667. The van der Waals surface area contributed by atoms with Crippen molar-refractivity contribution in [1.29, 1.82) is 0 Å². The molecule has 1 N–H and O–H groups in total. The molecule has 2 aromatic carbocycles. The van der Waals surface area contributed by atoms with Gasteiger partial charge in [0, 0.05) is 12.1 Å². The zero-order valence-electron chi connectivity index (χ0n) is 13.8. The number of benzene rings is 2. The minimum atomic E-state index is -4.23. The third-order valence-corrected chi connectivity index (χ3v) is 7.01. The summed E-state index contributed by atoms with van der Waals surface area (Å²) in [6.45, 7) is 0. The Kier molecular flexibility index (Phi) is 4.31. The number of H-pyrrole nitrogens is 1. The van der Waals surface area contributed by atoms with Gasteiger partial charge in [-0.25, -0.2) is 12.7 Å². The van der Waals surface area contributed by atoms with E-state index in [4.69, 9.17) is 0 Å². The zero-order valence-corrected chi connectivity index (χ0v) is 15.4. The minimum absolute atomic E-state index is 0.138. The van der Waals surface area contributed by atoms with Crippen LogP contribution in [-0.4, -0.2) is 44.2 Å². The van der Waals surface area contributed by atoms with E-state index in [1.165, 1.54) is 0 Å². The van der Waals surface area contributed by atoms with Gasteiger partial charge in [-0.3, -0.25) is 14.9 Å². The van der Waals surface area contributed by atoms with Crippen LogP contribution in [0, 0.1) is 10.1 Å². The Labute approximate surface area is 162 Å². The van der Waals surface area contributed by atoms with Crippen LogP contribution in [-0.2, 0) is 10.0 Å². The summed E-state index contributed by atoms with van der Waals surface area (Å²) < 4.78 is 26.8. The minimum Gasteiger partial charge on any atom is -0.268 e. The lowest BCUT2D eigenvalue weighted by Crippen LogP contribution is -2.32. The number of fused-ring (bicyclic) bond motifs is 1. The lowest BCUT2D eigenvalue weighted by Gasteiger charge is -2.25. The summed E-state index contributed by atoms with van der Waals surface area (Å²) in [4.78, 5) is 23.0. The number of thioether (sulfide) groups is 1. The number of rotatable bonds is 5. The molecule has 11 nitrogen and oxygen atoms in total. The maximum Gasteiger partial charge on any atom is 0.270 e. The molecule has 0 bridgehead atoms. The fourth-order valence-corrected chi connectivity index (χ4v) is 5.66. The number of aromatic nitrogens is 4. The molecule has 0 fully saturated rings. The first-order chi connectivity index (χ1) is 13.4. The van der Waals surface area contributed by atoms with Crippen LogP contribution in [0.4, 0.5) is 5.69 Å². The summed E-state index contributed by atoms with van der Waals surface area (Å²) in [6.07, 6.45) is 0. The second kappa shape index (κ2) is 6.69. The molecule has 142 valence electrons. The van der Waals surface area contributed by atoms with Gasteiger partial charge in [0.1, 0.15) is 10.3 Å². The third kappa shape index (κ3) is 2.90. The summed E-state index contributed by atoms with van der Waals surface area (Å²) in [5.41, 5.74) is -0.105. The van der Waals surface area contributed by atoms with Crippen molar-refractivity contribution in [2.24, 2.45) is 0 Å². The van der Waals surface area contributed by atoms with Crippen LogP contribution >= 0.6 is 11.8 Å². The highest BCUT2D eigenvalue weighted by atomic mass is 32.2. The van der Waals surface area contributed by atoms with Crippen LogP contribution in [0.5, 0.6) is 0 Å². The first-order valence-electron chi connectivity index (χ1n) is 7.72. The number of non-ortho nitro benzene ring substituents is 1. The Morgan fingerprint density at radius 1 is 1.18 bits per heavy atom. The average Bonchev–Trinajstić information content (AvgIpc) is 3.26. The number of carbonyl (C=O) groups excluding carboxylic acids is 1. The molecule has 2 heterocycles. The monoisotopic (exact) mass is 418 g/mol. The zero-order chi connectivity index (χ0) is 19.9. The fourth-order valence-electron chi connectivity index (χ4n) is 2.76. The van der Waals surface area contributed by atoms with Crippen molar-refractivity contribution in [2.75, 3.05) is 0 Å². The normalized spacial score (nSPS) is 16.0. The van der Waals surface area contributed by atoms with E-state index in [9.17, 15) is 23.3 Å². The summed E-state index contributed by atoms with van der Waals surface area (Å²) >= 11 is 0.909. The molecule has 1 amide bonds. The molecular formula is C15H10N6O5S2. The Hall–Kier alpha value is -3.32. The van der Waals surface area contributed by atoms with Crippen molar-refractivity contribution >= 4 is 33.4 Å². The molecule has 0 saturated carbocycles. The van der Waals surface area contributed by atoms with Gasteiger partial charge in [-0.05, 0) is 16.8 Å². The van der Waals surface area contributed by atoms with Crippen molar-refractivity contribution in [3.8, 4) is 0 Å². The van der Waals surface area contributed by atoms with E-state index in [2.05, 4.69) is 20.6 Å². The van der Waals surface area contributed by atoms with Crippen molar-refractivity contribution < 1.29 is 18.1 Å². The second-order valence-corrected chi connectivity index (χ2v) is 8.45. The van der Waals surface area contributed by atoms with Gasteiger partial charge in [0.15, 0.2) is 0 Å². The van der Waals surface area contributed by atoms with Crippen molar-refractivity contribution in [3.05, 3.63) is 69.8 Å². The second-order valence-electron chi connectivity index (χ2n) is 5.62. The molecule has 28 heavy (non-hydrogen) atoms. The molecule has 1 atom stereocenters. The van der Waals surface area contributed by atoms with Crippen molar-refractivity contribution in [2.45, 2.75) is 15.4 Å². The lowest BCUT2D eigenvalue weighted by molar-refractivity contribution is -0.384. The SMILES string of the molecule is O=C1c2cc([N+](=O)[O-])ccc2S(=O)(=O)N1C(Sc1nn[nH]n1)c1ccccc1. The highest BCUT2D eigenvalue weighted by Crippen LogP contribution is 2.44. The predicted molar refractivity (Wildman–Crippen MR) is 95.7 cm³/mol. The van der Waals surface area contributed by atoms with Gasteiger partial charge >= 0.3 is 0 Å². The van der Waals surface area contributed by atoms with E-state index in [0.29, 0.717) is 9.87 Å². The number of amides is 1. The molecule has 0 radical (unpaired) electrons. The van der Waals surface area contributed by atoms with Crippen LogP contribution in [0.2, 0.25) is 0 Å². The molecule has 3 aromatic rings. The lowest BCUT2D eigenvalue weighted by atomic mass is 10.1. The largest absolute Gasteiger partial charge is 0.270 e. The highest BCUT2D eigenvalue weighted by molar-refractivity contribution is 8.00. The number of carbonyl (C=O) groups is 1. The molecule has 4 rings (SSSR count). The number of hydrogen-bond donors (Lipinski definition) is 1. The van der Waals surface area contributed by atoms with Crippen LogP contribution in [0.1, 0.15) is 21.3 Å². The van der Waals surface area contributed by atoms with E-state index >= 15 is 0 Å². The van der Waals surface area contributed by atoms with E-state index in [-0.39, 0.29) is 21.3 Å². The topological polar surface area (TPSA) is 152 Å². The van der Waals surface area contributed by atoms with Crippen molar-refractivity contribution in [3.63, 3.8) is 0 Å². The summed E-state index contributed by atoms with van der Waals surface area (Å²) in [7, 11) is -4.23. The van der Waals surface area contributed by atoms with E-state index in [0.717, 1.165) is 30.0 Å². The van der Waals surface area contributed by atoms with Gasteiger partial charge in [-0.2, -0.15) is 5.21 Å². The number of sulfonamides is 1. The van der Waals surface area contributed by atoms with Crippen molar-refractivity contribution in [1.82, 2.24) is 24.9 Å². The van der Waals surface area contributed by atoms with Gasteiger partial charge in [0.25, 0.3) is 21.6 Å². The Morgan fingerprint density at radius 2 is 1.93 bits per heavy atom. The van der Waals surface area contributed by atoms with E-state index in [1.54, 1.807) is 30.3 Å². The molecule has 13 heteroatoms. The highest BCUT2D eigenvalue weighted by Gasteiger charge is 2.47. The number of nitro groups is 1. The standard InChI is InChI=1S/C15H10N6O5S2/c22-13-11-8-10(21(23)24)6-7-12(11)28(25,26)20(13)14(9-4-2-1-3-5-9)27-15-16-18-19-17-15/h1-8,14H,(H,16,17,18,19). The van der Waals surface area contributed by atoms with Crippen LogP contribution in [0.15, 0.2) is 58.6 Å². The summed E-state index contributed by atoms with van der Waals surface area (Å²) in [6, 6.07) is 11.6. The van der Waals surface area contributed by atoms with E-state index in [1.807, 2.05) is 0 Å². The molecule has 1 aliphatic heterocycles. The first kappa shape index (κ1) is 18.1. The van der Waals surface area contributed by atoms with Crippen LogP contribution in [0.25, 0.3) is 0 Å². The smallest absolute Gasteiger partial charge is 0.268 e. The summed E-state index contributed by atoms with van der Waals surface area (Å²) in [5, 5.41) is 23.4. The molecule has 0 saturated heterocycles. The Bertz CT molecular complexity index is 1170. The number of nitrogens with one attached hydrogen (secondary N) is 1. The number of nitro benzene ring substituents is 1. The Balaban J connectivity index is 1.84. The molecule has 0 spiro atoms. The Morgan fingerprint density at radius 3 is 2.57 bits per heavy atom. The van der Waals surface area contributed by atoms with Gasteiger partial charge in [0.2, 0.25) is 5.16 Å². The average molecular weight is 418 g/mol. The molecular weight excluding hydrogens is 408 g/mol. The molecule has 1 aliphatic rings. The number of hydrogen-bond acceptors (Lipinski definition) is 9. The quantitative estimate of drug-likeness (QED) is 0.371. The molecule has 1 aromatic heterocycles. The van der Waals surface area contributed by atoms with E-state index < -0.39 is 26.2 Å². The van der Waals surface area contributed by atoms with Gasteiger partial charge in [0.05, 0.1) is 10.5 Å². The molecule has 1 unspecified atom stereocenters. The predicted octanol–water partition coefficient (Wildman–Crippen LogP) is 1.74. The maximum absolute atomic E-state index is 13.1. The first-order valence-corrected chi connectivity index (χ1v) is 10.0. The van der Waals surface area contributed by atoms with Gasteiger partial charge < -0.3 is 0 Å². The molecule has 0 aliphatic carbocycles. The van der Waals surface area contributed by atoms with Crippen LogP contribution in [0.3, 0.4) is 0 Å². The number of aromatic amines is 1. The van der Waals surface area contributed by atoms with Gasteiger partial charge in [-0.1, -0.05) is 42.1 Å². The van der Waals surface area contributed by atoms with Gasteiger partial charge in [-0.15, -0.1) is 10.2 Å². The maximum atomic E-state index is 13.1. The third-order valence-electron chi connectivity index (χ3n) is 3.98. The number of tetrazole rings is 1. The summed E-state index contributed by atoms with van der Waals surface area (Å²) in [5.74, 6) is -0.858.